The summed E-state index contributed by atoms with van der Waals surface area (Å²) in [7, 11) is 0. The van der Waals surface area contributed by atoms with E-state index in [1.54, 1.807) is 18.2 Å². The van der Waals surface area contributed by atoms with Crippen LogP contribution >= 0.6 is 0 Å². The van der Waals surface area contributed by atoms with Crippen LogP contribution in [-0.4, -0.2) is 68.9 Å². The van der Waals surface area contributed by atoms with Crippen LogP contribution in [0.25, 0.3) is 0 Å². The first-order valence-corrected chi connectivity index (χ1v) is 10.2. The maximum absolute atomic E-state index is 13.5. The van der Waals surface area contributed by atoms with E-state index >= 15 is 0 Å². The number of carbonyl (C=O) groups excluding carboxylic acids is 2. The minimum absolute atomic E-state index is 0.0948. The van der Waals surface area contributed by atoms with Crippen molar-refractivity contribution in [2.24, 2.45) is 0 Å². The highest BCUT2D eigenvalue weighted by Gasteiger charge is 2.64. The van der Waals surface area contributed by atoms with Gasteiger partial charge < -0.3 is 9.52 Å². The molecule has 2 aromatic rings. The first-order chi connectivity index (χ1) is 14.4. The van der Waals surface area contributed by atoms with Gasteiger partial charge in [-0.2, -0.15) is 0 Å². The van der Waals surface area contributed by atoms with Crippen LogP contribution in [-0.2, 0) is 22.7 Å². The van der Waals surface area contributed by atoms with Gasteiger partial charge in [0.1, 0.15) is 22.9 Å². The molecule has 3 aliphatic rings. The lowest BCUT2D eigenvalue weighted by atomic mass is 9.82. The molecule has 0 radical (unpaired) electrons. The number of carbonyl (C=O) groups is 2. The number of aliphatic hydroxyl groups is 1. The molecule has 5 rings (SSSR count). The molecular formula is C22H24FN3O4. The van der Waals surface area contributed by atoms with Crippen molar-refractivity contribution in [2.45, 2.75) is 44.1 Å². The maximum atomic E-state index is 13.5. The van der Waals surface area contributed by atoms with E-state index in [0.29, 0.717) is 38.4 Å². The van der Waals surface area contributed by atoms with Crippen molar-refractivity contribution in [3.8, 4) is 0 Å². The predicted molar refractivity (Wildman–Crippen MR) is 105 cm³/mol. The van der Waals surface area contributed by atoms with E-state index in [-0.39, 0.29) is 24.2 Å². The van der Waals surface area contributed by atoms with Crippen LogP contribution in [0.2, 0.25) is 0 Å². The smallest absolute Gasteiger partial charge is 0.252 e. The van der Waals surface area contributed by atoms with Crippen LogP contribution in [0.1, 0.15) is 23.5 Å². The number of β-amino-alcohol motifs (C(OH)–C–C–N with tert-alkyl or cyclic N) is 1. The number of aryl methyl sites for hydroxylation is 1. The molecule has 2 amide bonds. The van der Waals surface area contributed by atoms with Crippen molar-refractivity contribution in [1.29, 1.82) is 0 Å². The van der Waals surface area contributed by atoms with Gasteiger partial charge in [0, 0.05) is 26.2 Å². The molecule has 3 aliphatic heterocycles. The molecule has 7 nitrogen and oxygen atoms in total. The molecule has 3 saturated heterocycles. The summed E-state index contributed by atoms with van der Waals surface area (Å²) in [6, 6.07) is 9.49. The highest BCUT2D eigenvalue weighted by molar-refractivity contribution is 6.06. The summed E-state index contributed by atoms with van der Waals surface area (Å²) >= 11 is 0. The van der Waals surface area contributed by atoms with Crippen LogP contribution < -0.4 is 0 Å². The summed E-state index contributed by atoms with van der Waals surface area (Å²) < 4.78 is 19.1. The van der Waals surface area contributed by atoms with E-state index in [0.717, 1.165) is 11.3 Å². The third-order valence-corrected chi connectivity index (χ3v) is 6.40. The molecule has 8 heteroatoms. The van der Waals surface area contributed by atoms with Gasteiger partial charge in [-0.05, 0) is 43.2 Å². The summed E-state index contributed by atoms with van der Waals surface area (Å²) in [5, 5.41) is 10.2. The normalized spacial score (nSPS) is 26.3. The average molecular weight is 413 g/mol. The van der Waals surface area contributed by atoms with Crippen LogP contribution in [0, 0.1) is 12.7 Å². The molecule has 3 fully saturated rings. The molecule has 158 valence electrons. The number of halogens is 1. The summed E-state index contributed by atoms with van der Waals surface area (Å²) in [6.45, 7) is 3.62. The number of fused-ring (bicyclic) bond motifs is 2. The number of furan rings is 1. The van der Waals surface area contributed by atoms with E-state index in [4.69, 9.17) is 4.42 Å². The van der Waals surface area contributed by atoms with Crippen LogP contribution in [0.4, 0.5) is 4.39 Å². The molecule has 0 bridgehead atoms. The van der Waals surface area contributed by atoms with E-state index < -0.39 is 17.7 Å². The minimum Gasteiger partial charge on any atom is -0.464 e. The number of piperazine rings is 1. The maximum Gasteiger partial charge on any atom is 0.252 e. The molecular weight excluding hydrogens is 389 g/mol. The Labute approximate surface area is 173 Å². The Morgan fingerprint density at radius 2 is 2.00 bits per heavy atom. The number of benzene rings is 1. The third-order valence-electron chi connectivity index (χ3n) is 6.40. The fourth-order valence-electron chi connectivity index (χ4n) is 5.07. The molecule has 0 aliphatic carbocycles. The second-order valence-corrected chi connectivity index (χ2v) is 8.61. The number of hydrogen-bond donors (Lipinski definition) is 1. The molecule has 1 aromatic carbocycles. The Kier molecular flexibility index (Phi) is 4.53. The number of imide groups is 1. The number of aliphatic hydroxyl groups excluding tert-OH is 1. The zero-order chi connectivity index (χ0) is 21.0. The monoisotopic (exact) mass is 413 g/mol. The van der Waals surface area contributed by atoms with Crippen molar-refractivity contribution >= 4 is 11.8 Å². The summed E-state index contributed by atoms with van der Waals surface area (Å²) in [5.74, 6) is 0.471. The number of amides is 2. The average Bonchev–Trinajstić information content (AvgIpc) is 3.26. The molecule has 30 heavy (non-hydrogen) atoms. The molecule has 0 unspecified atom stereocenters. The van der Waals surface area contributed by atoms with Gasteiger partial charge in [0.2, 0.25) is 5.91 Å². The lowest BCUT2D eigenvalue weighted by Gasteiger charge is -2.58. The molecule has 1 spiro atoms. The first-order valence-electron chi connectivity index (χ1n) is 10.2. The lowest BCUT2D eigenvalue weighted by Crippen LogP contribution is -2.81. The van der Waals surface area contributed by atoms with Gasteiger partial charge in [0.15, 0.2) is 0 Å². The van der Waals surface area contributed by atoms with Crippen LogP contribution in [0.15, 0.2) is 40.8 Å². The fraction of sp³-hybridized carbons (Fsp3) is 0.455. The second-order valence-electron chi connectivity index (χ2n) is 8.61. The van der Waals surface area contributed by atoms with Crippen molar-refractivity contribution in [3.63, 3.8) is 0 Å². The Hall–Kier alpha value is -2.55. The van der Waals surface area contributed by atoms with E-state index in [2.05, 4.69) is 4.90 Å². The highest BCUT2D eigenvalue weighted by atomic mass is 19.1. The second kappa shape index (κ2) is 7.01. The fourth-order valence-corrected chi connectivity index (χ4v) is 5.07. The van der Waals surface area contributed by atoms with Gasteiger partial charge in [0.25, 0.3) is 5.91 Å². The van der Waals surface area contributed by atoms with E-state index in [1.165, 1.54) is 17.0 Å². The van der Waals surface area contributed by atoms with Crippen LogP contribution in [0.3, 0.4) is 0 Å². The summed E-state index contributed by atoms with van der Waals surface area (Å²) in [5.41, 5.74) is -0.00418. The zero-order valence-corrected chi connectivity index (χ0v) is 16.8. The van der Waals surface area contributed by atoms with Gasteiger partial charge in [-0.3, -0.25) is 24.3 Å². The molecule has 1 aromatic heterocycles. The van der Waals surface area contributed by atoms with Crippen molar-refractivity contribution in [1.82, 2.24) is 14.7 Å². The van der Waals surface area contributed by atoms with E-state index in [1.807, 2.05) is 17.9 Å². The van der Waals surface area contributed by atoms with Crippen molar-refractivity contribution in [2.75, 3.05) is 19.6 Å². The minimum atomic E-state index is -0.842. The standard InChI is InChI=1S/C22H24FN3O4/c1-14-5-6-18(30-14)11-25-20(28)19-8-17(27)10-26(19)22(21(25)29)12-24(13-22)9-15-3-2-4-16(23)7-15/h2-7,17,19,27H,8-13H2,1H3/t17-,19+/m1/s1. The molecule has 0 saturated carbocycles. The predicted octanol–water partition coefficient (Wildman–Crippen LogP) is 1.29. The Balaban J connectivity index is 1.39. The van der Waals surface area contributed by atoms with Gasteiger partial charge in [-0.15, -0.1) is 0 Å². The number of hydrogen-bond acceptors (Lipinski definition) is 6. The third kappa shape index (κ3) is 3.07. The summed E-state index contributed by atoms with van der Waals surface area (Å²) in [4.78, 5) is 31.8. The molecule has 1 N–H and O–H groups in total. The van der Waals surface area contributed by atoms with Gasteiger partial charge in [-0.25, -0.2) is 4.39 Å². The molecule has 2 atom stereocenters. The largest absolute Gasteiger partial charge is 0.464 e. The van der Waals surface area contributed by atoms with E-state index in [9.17, 15) is 19.1 Å². The number of nitrogens with zero attached hydrogens (tertiary/aromatic N) is 3. The Morgan fingerprint density at radius 3 is 2.70 bits per heavy atom. The SMILES string of the molecule is Cc1ccc(CN2C(=O)[C@@H]3C[C@@H](O)CN3C3(CN(Cc4cccc(F)c4)C3)C2=O)o1. The number of rotatable bonds is 4. The van der Waals surface area contributed by atoms with Gasteiger partial charge in [-0.1, -0.05) is 12.1 Å². The first kappa shape index (κ1) is 19.4. The van der Waals surface area contributed by atoms with Crippen molar-refractivity contribution < 1.29 is 23.5 Å². The Morgan fingerprint density at radius 1 is 1.20 bits per heavy atom. The quantitative estimate of drug-likeness (QED) is 0.762. The zero-order valence-electron chi connectivity index (χ0n) is 16.8. The number of likely N-dealkylation sites (tertiary alicyclic amines) is 1. The summed E-state index contributed by atoms with van der Waals surface area (Å²) in [6.07, 6.45) is -0.308. The Bertz CT molecular complexity index is 1000. The highest BCUT2D eigenvalue weighted by Crippen LogP contribution is 2.41. The van der Waals surface area contributed by atoms with Gasteiger partial charge >= 0.3 is 0 Å². The topological polar surface area (TPSA) is 77.2 Å². The van der Waals surface area contributed by atoms with Gasteiger partial charge in [0.05, 0.1) is 18.7 Å². The van der Waals surface area contributed by atoms with Crippen LogP contribution in [0.5, 0.6) is 0 Å². The van der Waals surface area contributed by atoms with Crippen molar-refractivity contribution in [3.05, 3.63) is 59.3 Å². The molecule has 4 heterocycles. The lowest BCUT2D eigenvalue weighted by molar-refractivity contribution is -0.181.